The molecule has 3 rings (SSSR count). The maximum atomic E-state index is 12.1. The number of likely N-dealkylation sites (N-methyl/N-ethyl adjacent to an activating group) is 2. The van der Waals surface area contributed by atoms with Gasteiger partial charge in [-0.25, -0.2) is 9.59 Å². The molecule has 100 valence electrons. The molecule has 2 saturated heterocycles. The highest BCUT2D eigenvalue weighted by Gasteiger charge is 2.54. The van der Waals surface area contributed by atoms with Crippen LogP contribution in [0, 0.1) is 0 Å². The van der Waals surface area contributed by atoms with Gasteiger partial charge < -0.3 is 15.1 Å². The van der Waals surface area contributed by atoms with Gasteiger partial charge >= 0.3 is 12.1 Å². The summed E-state index contributed by atoms with van der Waals surface area (Å²) in [6.45, 7) is 0. The Morgan fingerprint density at radius 1 is 1.06 bits per heavy atom. The van der Waals surface area contributed by atoms with E-state index < -0.39 is 0 Å². The Kier molecular flexibility index (Phi) is 2.60. The molecule has 6 heteroatoms. The number of rotatable bonds is 1. The molecule has 2 aliphatic heterocycles. The standard InChI is InChI=1S/C12H20N4O2/c1-14-9-10(15(2)12(14)18)16(11(17)13-9)8-6-4-3-5-7-8/h8-10H,3-7H2,1-2H3,(H,13,17)/t9-,10-/m0/s1. The van der Waals surface area contributed by atoms with Crippen molar-refractivity contribution in [3.05, 3.63) is 0 Å². The second-order valence-electron chi connectivity index (χ2n) is 5.51. The van der Waals surface area contributed by atoms with Crippen LogP contribution in [0.5, 0.6) is 0 Å². The zero-order valence-corrected chi connectivity index (χ0v) is 10.9. The molecule has 0 aromatic heterocycles. The summed E-state index contributed by atoms with van der Waals surface area (Å²) in [5.74, 6) is 0. The van der Waals surface area contributed by atoms with Crippen LogP contribution >= 0.6 is 0 Å². The fraction of sp³-hybridized carbons (Fsp3) is 0.833. The Balaban J connectivity index is 1.85. The van der Waals surface area contributed by atoms with Crippen LogP contribution in [0.2, 0.25) is 0 Å². The number of amides is 4. The molecular weight excluding hydrogens is 232 g/mol. The fourth-order valence-corrected chi connectivity index (χ4v) is 3.47. The van der Waals surface area contributed by atoms with Gasteiger partial charge in [0.2, 0.25) is 0 Å². The van der Waals surface area contributed by atoms with Gasteiger partial charge in [-0.3, -0.25) is 4.90 Å². The van der Waals surface area contributed by atoms with Gasteiger partial charge in [-0.05, 0) is 12.8 Å². The van der Waals surface area contributed by atoms with Gasteiger partial charge in [0.05, 0.1) is 0 Å². The van der Waals surface area contributed by atoms with Crippen LogP contribution in [0.4, 0.5) is 9.59 Å². The Morgan fingerprint density at radius 3 is 2.39 bits per heavy atom. The average molecular weight is 252 g/mol. The molecule has 0 aromatic carbocycles. The Morgan fingerprint density at radius 2 is 1.72 bits per heavy atom. The Hall–Kier alpha value is -1.46. The molecule has 0 spiro atoms. The van der Waals surface area contributed by atoms with E-state index in [1.54, 1.807) is 23.9 Å². The number of fused-ring (bicyclic) bond motifs is 1. The van der Waals surface area contributed by atoms with Crippen LogP contribution in [-0.4, -0.2) is 59.2 Å². The highest BCUT2D eigenvalue weighted by Crippen LogP contribution is 2.32. The molecule has 0 radical (unpaired) electrons. The summed E-state index contributed by atoms with van der Waals surface area (Å²) in [5.41, 5.74) is 0. The number of nitrogens with zero attached hydrogens (tertiary/aromatic N) is 3. The van der Waals surface area contributed by atoms with Crippen LogP contribution in [-0.2, 0) is 0 Å². The number of urea groups is 2. The molecule has 0 aromatic rings. The first-order valence-electron chi connectivity index (χ1n) is 6.69. The zero-order valence-electron chi connectivity index (χ0n) is 10.9. The van der Waals surface area contributed by atoms with E-state index in [1.807, 2.05) is 4.90 Å². The van der Waals surface area contributed by atoms with Crippen molar-refractivity contribution < 1.29 is 9.59 Å². The number of carbonyl (C=O) groups excluding carboxylic acids is 2. The number of nitrogens with one attached hydrogen (secondary N) is 1. The molecule has 1 aliphatic carbocycles. The highest BCUT2D eigenvalue weighted by atomic mass is 16.2. The van der Waals surface area contributed by atoms with E-state index in [0.717, 1.165) is 12.8 Å². The highest BCUT2D eigenvalue weighted by molar-refractivity contribution is 5.84. The summed E-state index contributed by atoms with van der Waals surface area (Å²) in [5, 5.41) is 2.92. The van der Waals surface area contributed by atoms with E-state index in [-0.39, 0.29) is 30.4 Å². The summed E-state index contributed by atoms with van der Waals surface area (Å²) in [6.07, 6.45) is 5.40. The summed E-state index contributed by atoms with van der Waals surface area (Å²) < 4.78 is 0. The monoisotopic (exact) mass is 252 g/mol. The van der Waals surface area contributed by atoms with Crippen LogP contribution in [0.1, 0.15) is 32.1 Å². The lowest BCUT2D eigenvalue weighted by atomic mass is 9.94. The molecular formula is C12H20N4O2. The van der Waals surface area contributed by atoms with E-state index >= 15 is 0 Å². The molecule has 1 N–H and O–H groups in total. The second-order valence-corrected chi connectivity index (χ2v) is 5.51. The van der Waals surface area contributed by atoms with Crippen molar-refractivity contribution >= 4 is 12.1 Å². The first-order chi connectivity index (χ1) is 8.61. The molecule has 0 bridgehead atoms. The van der Waals surface area contributed by atoms with Gasteiger partial charge in [0.15, 0.2) is 0 Å². The van der Waals surface area contributed by atoms with Gasteiger partial charge in [-0.2, -0.15) is 0 Å². The third-order valence-corrected chi connectivity index (χ3v) is 4.46. The van der Waals surface area contributed by atoms with Crippen molar-refractivity contribution in [3.8, 4) is 0 Å². The molecule has 2 atom stereocenters. The molecule has 1 saturated carbocycles. The van der Waals surface area contributed by atoms with Gasteiger partial charge in [-0.1, -0.05) is 19.3 Å². The van der Waals surface area contributed by atoms with Crippen molar-refractivity contribution in [1.82, 2.24) is 20.0 Å². The van der Waals surface area contributed by atoms with E-state index in [1.165, 1.54) is 19.3 Å². The van der Waals surface area contributed by atoms with E-state index in [4.69, 9.17) is 0 Å². The molecule has 3 fully saturated rings. The Labute approximate surface area is 107 Å². The SMILES string of the molecule is CN1C(=O)N(C)[C@@H]2[C@H]1NC(=O)N2C1CCCCC1. The van der Waals surface area contributed by atoms with E-state index in [0.29, 0.717) is 0 Å². The van der Waals surface area contributed by atoms with E-state index in [9.17, 15) is 9.59 Å². The van der Waals surface area contributed by atoms with Crippen LogP contribution in [0.3, 0.4) is 0 Å². The topological polar surface area (TPSA) is 55.9 Å². The first kappa shape index (κ1) is 11.6. The minimum absolute atomic E-state index is 0.0224. The quantitative estimate of drug-likeness (QED) is 0.756. The third kappa shape index (κ3) is 1.47. The lowest BCUT2D eigenvalue weighted by Crippen LogP contribution is -2.50. The lowest BCUT2D eigenvalue weighted by Gasteiger charge is -2.35. The van der Waals surface area contributed by atoms with Gasteiger partial charge in [0.25, 0.3) is 0 Å². The molecule has 6 nitrogen and oxygen atoms in total. The van der Waals surface area contributed by atoms with Gasteiger partial charge in [-0.15, -0.1) is 0 Å². The third-order valence-electron chi connectivity index (χ3n) is 4.46. The fourth-order valence-electron chi connectivity index (χ4n) is 3.47. The summed E-state index contributed by atoms with van der Waals surface area (Å²) in [4.78, 5) is 29.3. The normalized spacial score (nSPS) is 33.1. The van der Waals surface area contributed by atoms with Crippen molar-refractivity contribution in [2.75, 3.05) is 14.1 Å². The van der Waals surface area contributed by atoms with Crippen molar-refractivity contribution in [3.63, 3.8) is 0 Å². The number of carbonyl (C=O) groups is 2. The molecule has 0 unspecified atom stereocenters. The van der Waals surface area contributed by atoms with Gasteiger partial charge in [0.1, 0.15) is 12.3 Å². The predicted molar refractivity (Wildman–Crippen MR) is 65.7 cm³/mol. The largest absolute Gasteiger partial charge is 0.323 e. The van der Waals surface area contributed by atoms with E-state index in [2.05, 4.69) is 5.32 Å². The van der Waals surface area contributed by atoms with Gasteiger partial charge in [0, 0.05) is 20.1 Å². The average Bonchev–Trinajstić information content (AvgIpc) is 2.82. The Bertz CT molecular complexity index is 380. The van der Waals surface area contributed by atoms with Crippen LogP contribution in [0.25, 0.3) is 0 Å². The van der Waals surface area contributed by atoms with Crippen LogP contribution < -0.4 is 5.32 Å². The van der Waals surface area contributed by atoms with Crippen molar-refractivity contribution in [2.24, 2.45) is 0 Å². The minimum atomic E-state index is -0.197. The van der Waals surface area contributed by atoms with Crippen molar-refractivity contribution in [1.29, 1.82) is 0 Å². The predicted octanol–water partition coefficient (Wildman–Crippen LogP) is 0.994. The summed E-state index contributed by atoms with van der Waals surface area (Å²) >= 11 is 0. The minimum Gasteiger partial charge on any atom is -0.314 e. The lowest BCUT2D eigenvalue weighted by molar-refractivity contribution is 0.0961. The van der Waals surface area contributed by atoms with Crippen molar-refractivity contribution in [2.45, 2.75) is 50.5 Å². The summed E-state index contributed by atoms with van der Waals surface area (Å²) in [6, 6.07) is 0.240. The first-order valence-corrected chi connectivity index (χ1v) is 6.69. The molecule has 18 heavy (non-hydrogen) atoms. The second kappa shape index (κ2) is 4.03. The smallest absolute Gasteiger partial charge is 0.314 e. The number of hydrogen-bond acceptors (Lipinski definition) is 2. The molecule has 3 aliphatic rings. The maximum absolute atomic E-state index is 12.1. The molecule has 2 heterocycles. The molecule has 4 amide bonds. The summed E-state index contributed by atoms with van der Waals surface area (Å²) in [7, 11) is 3.52. The number of hydrogen-bond donors (Lipinski definition) is 1. The van der Waals surface area contributed by atoms with Crippen LogP contribution in [0.15, 0.2) is 0 Å². The maximum Gasteiger partial charge on any atom is 0.323 e. The zero-order chi connectivity index (χ0) is 12.9.